The Morgan fingerprint density at radius 1 is 1.37 bits per heavy atom. The van der Waals surface area contributed by atoms with Crippen molar-refractivity contribution in [3.8, 4) is 0 Å². The summed E-state index contributed by atoms with van der Waals surface area (Å²) >= 11 is 2.27. The van der Waals surface area contributed by atoms with E-state index >= 15 is 0 Å². The summed E-state index contributed by atoms with van der Waals surface area (Å²) in [6.07, 6.45) is 2.33. The lowest BCUT2D eigenvalue weighted by molar-refractivity contribution is -0.160. The van der Waals surface area contributed by atoms with Gasteiger partial charge in [-0.2, -0.15) is 10.2 Å². The van der Waals surface area contributed by atoms with Gasteiger partial charge in [0.15, 0.2) is 10.8 Å². The maximum atomic E-state index is 13.1. The molecule has 204 valence electrons. The number of hydrogen-bond donors (Lipinski definition) is 5. The average molecular weight is 568 g/mol. The molecular weight excluding hydrogens is 542 g/mol. The molecule has 0 aliphatic carbocycles. The van der Waals surface area contributed by atoms with Crippen molar-refractivity contribution < 1.29 is 33.9 Å². The van der Waals surface area contributed by atoms with Crippen LogP contribution in [0, 0.1) is 0 Å². The first kappa shape index (κ1) is 28.4. The van der Waals surface area contributed by atoms with Crippen molar-refractivity contribution in [3.63, 3.8) is 0 Å². The normalized spacial score (nSPS) is 19.8. The van der Waals surface area contributed by atoms with Crippen molar-refractivity contribution >= 4 is 70.2 Å². The highest BCUT2D eigenvalue weighted by atomic mass is 32.2. The Morgan fingerprint density at radius 2 is 2.11 bits per heavy atom. The molecule has 2 aliphatic heterocycles. The number of carbonyl (C=O) groups is 4. The minimum absolute atomic E-state index is 0.0623. The lowest BCUT2D eigenvalue weighted by Gasteiger charge is -2.49. The fraction of sp³-hybridized carbons (Fsp3) is 0.400. The van der Waals surface area contributed by atoms with Gasteiger partial charge in [0.05, 0.1) is 6.21 Å². The Kier molecular flexibility index (Phi) is 8.89. The molecule has 2 aliphatic rings. The molecule has 1 saturated heterocycles. The summed E-state index contributed by atoms with van der Waals surface area (Å²) < 4.78 is 5.13. The van der Waals surface area contributed by atoms with E-state index in [2.05, 4.69) is 31.1 Å². The van der Waals surface area contributed by atoms with E-state index in [0.29, 0.717) is 0 Å². The quantitative estimate of drug-likeness (QED) is 0.0572. The second-order valence-electron chi connectivity index (χ2n) is 8.58. The summed E-state index contributed by atoms with van der Waals surface area (Å²) in [5.41, 5.74) is 7.05. The third kappa shape index (κ3) is 6.76. The van der Waals surface area contributed by atoms with Crippen LogP contribution in [0.2, 0.25) is 0 Å². The molecule has 0 saturated carbocycles. The Balaban J connectivity index is 1.75. The number of ether oxygens (including phenoxy) is 1. The predicted molar refractivity (Wildman–Crippen MR) is 139 cm³/mol. The van der Waals surface area contributed by atoms with Crippen molar-refractivity contribution in [3.05, 3.63) is 22.3 Å². The van der Waals surface area contributed by atoms with Crippen LogP contribution in [-0.2, 0) is 28.8 Å². The molecule has 0 spiro atoms. The Morgan fingerprint density at radius 3 is 2.71 bits per heavy atom. The second kappa shape index (κ2) is 11.9. The third-order valence-electron chi connectivity index (χ3n) is 4.65. The molecular formula is C20H25N9O7S2. The Labute approximate surface area is 224 Å². The SMILES string of the molecule is CC(C)(C)OC(=O)CO/N=C(\C(=O)NC1C(=O)N2C(C(=O)O)=C(C=NNC=NN)CS[C@H]12)c1csc(N)n1. The average Bonchev–Trinajstić information content (AvgIpc) is 3.26. The van der Waals surface area contributed by atoms with Gasteiger partial charge < -0.3 is 31.6 Å². The number of carboxylic acids is 1. The first-order chi connectivity index (χ1) is 17.9. The molecule has 1 aromatic rings. The van der Waals surface area contributed by atoms with Gasteiger partial charge in [-0.05, 0) is 20.8 Å². The number of nitrogens with one attached hydrogen (secondary N) is 2. The number of fused-ring (bicyclic) bond motifs is 1. The third-order valence-corrected chi connectivity index (χ3v) is 6.63. The van der Waals surface area contributed by atoms with Crippen LogP contribution in [0.15, 0.2) is 32.0 Å². The van der Waals surface area contributed by atoms with Gasteiger partial charge in [0.1, 0.15) is 34.7 Å². The fourth-order valence-corrected chi connectivity index (χ4v) is 5.10. The van der Waals surface area contributed by atoms with Crippen molar-refractivity contribution in [2.45, 2.75) is 37.8 Å². The van der Waals surface area contributed by atoms with Crippen LogP contribution in [0.5, 0.6) is 0 Å². The summed E-state index contributed by atoms with van der Waals surface area (Å²) in [6.45, 7) is 4.47. The number of carboxylic acid groups (broad SMARTS) is 1. The number of amides is 2. The lowest BCUT2D eigenvalue weighted by Crippen LogP contribution is -2.71. The van der Waals surface area contributed by atoms with Gasteiger partial charge in [-0.1, -0.05) is 5.16 Å². The number of hydrazone groups is 2. The molecule has 18 heteroatoms. The number of thioether (sulfide) groups is 1. The number of nitrogens with zero attached hydrogens (tertiary/aromatic N) is 5. The largest absolute Gasteiger partial charge is 0.477 e. The number of β-lactam (4-membered cyclic amide) rings is 1. The van der Waals surface area contributed by atoms with Crippen molar-refractivity contribution in [1.29, 1.82) is 0 Å². The van der Waals surface area contributed by atoms with Crippen molar-refractivity contribution in [1.82, 2.24) is 20.6 Å². The standard InChI is InChI=1S/C20H25N9O7S2/c1-20(2,3)36-11(30)5-35-28-12(10-7-38-19(21)26-10)15(31)27-13-16(32)29-14(18(33)34)9(6-37-17(13)29)4-24-25-8-23-22/h4,7-8,13,17H,5-6,22H2,1-3H3,(H2,21,26)(H,23,25)(H,27,31)(H,33,34)/b24-4?,28-12-/t13?,17-/m1/s1. The number of nitrogens with two attached hydrogens (primary N) is 2. The van der Waals surface area contributed by atoms with Crippen LogP contribution in [-0.4, -0.2) is 86.4 Å². The number of esters is 1. The molecule has 1 aromatic heterocycles. The first-order valence-electron chi connectivity index (χ1n) is 10.8. The van der Waals surface area contributed by atoms with Crippen LogP contribution in [0.25, 0.3) is 0 Å². The number of thiazole rings is 1. The number of aliphatic carboxylic acids is 1. The minimum Gasteiger partial charge on any atom is -0.477 e. The van der Waals surface area contributed by atoms with Gasteiger partial charge in [0.25, 0.3) is 11.8 Å². The highest BCUT2D eigenvalue weighted by Gasteiger charge is 2.54. The van der Waals surface area contributed by atoms with E-state index in [9.17, 15) is 24.3 Å². The topological polar surface area (TPSA) is 236 Å². The molecule has 0 radical (unpaired) electrons. The predicted octanol–water partition coefficient (Wildman–Crippen LogP) is -0.996. The van der Waals surface area contributed by atoms with Gasteiger partial charge in [0, 0.05) is 16.7 Å². The summed E-state index contributed by atoms with van der Waals surface area (Å²) in [6, 6.07) is -1.06. The summed E-state index contributed by atoms with van der Waals surface area (Å²) in [4.78, 5) is 59.9. The maximum Gasteiger partial charge on any atom is 0.353 e. The van der Waals surface area contributed by atoms with E-state index in [0.717, 1.165) is 22.6 Å². The van der Waals surface area contributed by atoms with E-state index in [1.165, 1.54) is 23.4 Å². The van der Waals surface area contributed by atoms with E-state index in [-0.39, 0.29) is 33.6 Å². The van der Waals surface area contributed by atoms with Crippen LogP contribution in [0.1, 0.15) is 26.5 Å². The summed E-state index contributed by atoms with van der Waals surface area (Å²) in [5.74, 6) is 1.62. The van der Waals surface area contributed by atoms with Gasteiger partial charge in [-0.3, -0.25) is 19.9 Å². The number of anilines is 1. The van der Waals surface area contributed by atoms with Gasteiger partial charge in [-0.15, -0.1) is 23.1 Å². The summed E-state index contributed by atoms with van der Waals surface area (Å²) in [5, 5.41) is 23.9. The van der Waals surface area contributed by atoms with E-state index in [4.69, 9.17) is 21.2 Å². The van der Waals surface area contributed by atoms with Crippen LogP contribution >= 0.6 is 23.1 Å². The molecule has 7 N–H and O–H groups in total. The molecule has 0 bridgehead atoms. The zero-order chi connectivity index (χ0) is 28.0. The Bertz CT molecular complexity index is 1240. The lowest BCUT2D eigenvalue weighted by atomic mass is 10.0. The highest BCUT2D eigenvalue weighted by molar-refractivity contribution is 8.00. The van der Waals surface area contributed by atoms with Crippen LogP contribution in [0.4, 0.5) is 5.13 Å². The van der Waals surface area contributed by atoms with E-state index in [1.54, 1.807) is 20.8 Å². The fourth-order valence-electron chi connectivity index (χ4n) is 3.26. The van der Waals surface area contributed by atoms with Gasteiger partial charge in [-0.25, -0.2) is 14.6 Å². The minimum atomic E-state index is -1.34. The molecule has 3 heterocycles. The smallest absolute Gasteiger partial charge is 0.353 e. The summed E-state index contributed by atoms with van der Waals surface area (Å²) in [7, 11) is 0. The molecule has 0 aromatic carbocycles. The molecule has 1 fully saturated rings. The number of oxime groups is 1. The number of hydrogen-bond acceptors (Lipinski definition) is 14. The second-order valence-corrected chi connectivity index (χ2v) is 10.6. The van der Waals surface area contributed by atoms with Crippen molar-refractivity contribution in [2.24, 2.45) is 21.2 Å². The zero-order valence-corrected chi connectivity index (χ0v) is 22.0. The number of nitrogen functional groups attached to an aromatic ring is 1. The van der Waals surface area contributed by atoms with Crippen LogP contribution < -0.4 is 22.3 Å². The maximum absolute atomic E-state index is 13.1. The van der Waals surface area contributed by atoms with Gasteiger partial charge >= 0.3 is 11.9 Å². The Hall–Kier alpha value is -4.19. The number of carbonyl (C=O) groups excluding carboxylic acids is 3. The molecule has 2 atom stereocenters. The van der Waals surface area contributed by atoms with E-state index < -0.39 is 47.4 Å². The molecule has 2 amide bonds. The van der Waals surface area contributed by atoms with Gasteiger partial charge in [0.2, 0.25) is 6.61 Å². The van der Waals surface area contributed by atoms with Crippen LogP contribution in [0.3, 0.4) is 0 Å². The molecule has 38 heavy (non-hydrogen) atoms. The van der Waals surface area contributed by atoms with Crippen molar-refractivity contribution in [2.75, 3.05) is 18.1 Å². The number of aromatic nitrogens is 1. The highest BCUT2D eigenvalue weighted by Crippen LogP contribution is 2.39. The zero-order valence-electron chi connectivity index (χ0n) is 20.4. The number of rotatable bonds is 10. The molecule has 16 nitrogen and oxygen atoms in total. The first-order valence-corrected chi connectivity index (χ1v) is 12.7. The monoisotopic (exact) mass is 567 g/mol. The van der Waals surface area contributed by atoms with E-state index in [1.807, 2.05) is 0 Å². The molecule has 3 rings (SSSR count). The molecule has 1 unspecified atom stereocenters.